The van der Waals surface area contributed by atoms with Crippen molar-refractivity contribution in [2.24, 2.45) is 0 Å². The van der Waals surface area contributed by atoms with Gasteiger partial charge in [0, 0.05) is 11.6 Å². The number of aryl methyl sites for hydroxylation is 1. The Morgan fingerprint density at radius 2 is 2.05 bits per heavy atom. The van der Waals surface area contributed by atoms with E-state index in [1.165, 1.54) is 0 Å². The largest absolute Gasteiger partial charge is 0.506 e. The van der Waals surface area contributed by atoms with Crippen molar-refractivity contribution in [3.63, 3.8) is 0 Å². The molecule has 0 radical (unpaired) electrons. The zero-order chi connectivity index (χ0) is 14.5. The Balaban J connectivity index is 1.92. The van der Waals surface area contributed by atoms with Crippen LogP contribution in [-0.4, -0.2) is 11.1 Å². The van der Waals surface area contributed by atoms with Gasteiger partial charge in [0.15, 0.2) is 0 Å². The molecule has 3 N–H and O–H groups in total. The number of benzene rings is 2. The predicted molar refractivity (Wildman–Crippen MR) is 80.2 cm³/mol. The smallest absolute Gasteiger partial charge is 0.319 e. The molecular weight excluding hydrogens is 276 g/mol. The highest BCUT2D eigenvalue weighted by molar-refractivity contribution is 6.30. The molecule has 2 rings (SSSR count). The Morgan fingerprint density at radius 1 is 1.25 bits per heavy atom. The average Bonchev–Trinajstić information content (AvgIpc) is 2.40. The van der Waals surface area contributed by atoms with Crippen LogP contribution in [0.2, 0.25) is 5.02 Å². The van der Waals surface area contributed by atoms with E-state index in [9.17, 15) is 9.90 Å². The van der Waals surface area contributed by atoms with E-state index in [-0.39, 0.29) is 11.8 Å². The second kappa shape index (κ2) is 6.30. The van der Waals surface area contributed by atoms with Crippen LogP contribution in [0.4, 0.5) is 10.5 Å². The lowest BCUT2D eigenvalue weighted by Gasteiger charge is -2.09. The first-order valence-corrected chi connectivity index (χ1v) is 6.51. The minimum atomic E-state index is -0.385. The summed E-state index contributed by atoms with van der Waals surface area (Å²) in [5.74, 6) is 0.0444. The van der Waals surface area contributed by atoms with E-state index in [4.69, 9.17) is 11.6 Å². The van der Waals surface area contributed by atoms with Gasteiger partial charge in [-0.2, -0.15) is 0 Å². The van der Waals surface area contributed by atoms with E-state index in [2.05, 4.69) is 10.6 Å². The van der Waals surface area contributed by atoms with Crippen LogP contribution in [0.25, 0.3) is 0 Å². The number of carbonyl (C=O) groups is 1. The highest BCUT2D eigenvalue weighted by atomic mass is 35.5. The molecule has 0 aromatic heterocycles. The van der Waals surface area contributed by atoms with Crippen LogP contribution in [-0.2, 0) is 6.54 Å². The lowest BCUT2D eigenvalue weighted by Crippen LogP contribution is -2.28. The van der Waals surface area contributed by atoms with Crippen molar-refractivity contribution in [1.29, 1.82) is 0 Å². The van der Waals surface area contributed by atoms with Gasteiger partial charge in [0.25, 0.3) is 0 Å². The van der Waals surface area contributed by atoms with Crippen molar-refractivity contribution >= 4 is 23.3 Å². The number of phenolic OH excluding ortho intramolecular Hbond substituents is 1. The maximum Gasteiger partial charge on any atom is 0.319 e. The normalized spacial score (nSPS) is 10.1. The van der Waals surface area contributed by atoms with Crippen LogP contribution in [0.3, 0.4) is 0 Å². The van der Waals surface area contributed by atoms with Crippen molar-refractivity contribution < 1.29 is 9.90 Å². The fraction of sp³-hybridized carbons (Fsp3) is 0.133. The Labute approximate surface area is 122 Å². The van der Waals surface area contributed by atoms with Gasteiger partial charge in [0.1, 0.15) is 5.75 Å². The van der Waals surface area contributed by atoms with Gasteiger partial charge in [-0.15, -0.1) is 0 Å². The lowest BCUT2D eigenvalue weighted by molar-refractivity contribution is 0.251. The van der Waals surface area contributed by atoms with Crippen LogP contribution in [0.15, 0.2) is 42.5 Å². The van der Waals surface area contributed by atoms with Gasteiger partial charge in [-0.3, -0.25) is 0 Å². The van der Waals surface area contributed by atoms with Crippen molar-refractivity contribution in [2.45, 2.75) is 13.5 Å². The lowest BCUT2D eigenvalue weighted by atomic mass is 10.2. The number of carbonyl (C=O) groups excluding carboxylic acids is 1. The van der Waals surface area contributed by atoms with Gasteiger partial charge < -0.3 is 15.7 Å². The summed E-state index contributed by atoms with van der Waals surface area (Å²) in [5.41, 5.74) is 2.20. The number of rotatable bonds is 3. The fourth-order valence-electron chi connectivity index (χ4n) is 1.74. The van der Waals surface area contributed by atoms with Crippen molar-refractivity contribution in [2.75, 3.05) is 5.32 Å². The van der Waals surface area contributed by atoms with Crippen LogP contribution in [0.5, 0.6) is 5.75 Å². The molecule has 2 aromatic carbocycles. The molecule has 0 spiro atoms. The maximum absolute atomic E-state index is 11.7. The van der Waals surface area contributed by atoms with E-state index in [1.807, 2.05) is 25.1 Å². The third-order valence-electron chi connectivity index (χ3n) is 2.74. The van der Waals surface area contributed by atoms with E-state index >= 15 is 0 Å². The van der Waals surface area contributed by atoms with Crippen molar-refractivity contribution in [1.82, 2.24) is 5.32 Å². The first kappa shape index (κ1) is 14.2. The molecule has 0 aliphatic carbocycles. The Morgan fingerprint density at radius 3 is 2.75 bits per heavy atom. The number of anilines is 1. The summed E-state index contributed by atoms with van der Waals surface area (Å²) in [4.78, 5) is 11.7. The number of aromatic hydroxyl groups is 1. The molecule has 104 valence electrons. The summed E-state index contributed by atoms with van der Waals surface area (Å²) in [7, 11) is 0. The van der Waals surface area contributed by atoms with Crippen LogP contribution >= 0.6 is 11.6 Å². The highest BCUT2D eigenvalue weighted by Crippen LogP contribution is 2.23. The van der Waals surface area contributed by atoms with E-state index in [0.29, 0.717) is 17.3 Å². The standard InChI is InChI=1S/C15H15ClN2O2/c1-10-5-6-13(14(19)7-10)18-15(20)17-9-11-3-2-4-12(16)8-11/h2-8,19H,9H2,1H3,(H2,17,18,20). The van der Waals surface area contributed by atoms with Gasteiger partial charge in [0.05, 0.1) is 5.69 Å². The molecule has 0 fully saturated rings. The summed E-state index contributed by atoms with van der Waals surface area (Å²) < 4.78 is 0. The van der Waals surface area contributed by atoms with E-state index < -0.39 is 0 Å². The molecule has 0 heterocycles. The third kappa shape index (κ3) is 3.90. The average molecular weight is 291 g/mol. The summed E-state index contributed by atoms with van der Waals surface area (Å²) in [6.45, 7) is 2.22. The molecule has 0 saturated heterocycles. The molecule has 2 aromatic rings. The van der Waals surface area contributed by atoms with E-state index in [1.54, 1.807) is 24.3 Å². The molecule has 0 aliphatic rings. The third-order valence-corrected chi connectivity index (χ3v) is 2.98. The first-order chi connectivity index (χ1) is 9.54. The first-order valence-electron chi connectivity index (χ1n) is 6.13. The Bertz CT molecular complexity index is 629. The summed E-state index contributed by atoms with van der Waals surface area (Å²) in [5, 5.41) is 15.6. The van der Waals surface area contributed by atoms with Gasteiger partial charge in [0.2, 0.25) is 0 Å². The molecule has 20 heavy (non-hydrogen) atoms. The zero-order valence-corrected chi connectivity index (χ0v) is 11.7. The predicted octanol–water partition coefficient (Wildman–Crippen LogP) is 3.68. The fourth-order valence-corrected chi connectivity index (χ4v) is 1.96. The minimum absolute atomic E-state index is 0.0444. The number of hydrogen-bond donors (Lipinski definition) is 3. The number of urea groups is 1. The van der Waals surface area contributed by atoms with Gasteiger partial charge in [-0.1, -0.05) is 29.8 Å². The molecule has 0 unspecified atom stereocenters. The molecule has 2 amide bonds. The SMILES string of the molecule is Cc1ccc(NC(=O)NCc2cccc(Cl)c2)c(O)c1. The molecule has 5 heteroatoms. The number of halogens is 1. The quantitative estimate of drug-likeness (QED) is 0.755. The molecule has 0 bridgehead atoms. The van der Waals surface area contributed by atoms with Gasteiger partial charge >= 0.3 is 6.03 Å². The van der Waals surface area contributed by atoms with Crippen molar-refractivity contribution in [3.05, 3.63) is 58.6 Å². The zero-order valence-electron chi connectivity index (χ0n) is 11.0. The second-order valence-electron chi connectivity index (χ2n) is 4.46. The number of nitrogens with one attached hydrogen (secondary N) is 2. The van der Waals surface area contributed by atoms with Crippen molar-refractivity contribution in [3.8, 4) is 5.75 Å². The molecule has 0 atom stereocenters. The Kier molecular flexibility index (Phi) is 4.48. The minimum Gasteiger partial charge on any atom is -0.506 e. The van der Waals surface area contributed by atoms with Crippen LogP contribution in [0, 0.1) is 6.92 Å². The summed E-state index contributed by atoms with van der Waals surface area (Å²) in [6, 6.07) is 11.9. The summed E-state index contributed by atoms with van der Waals surface area (Å²) in [6.07, 6.45) is 0. The number of amides is 2. The van der Waals surface area contributed by atoms with Crippen LogP contribution in [0.1, 0.15) is 11.1 Å². The topological polar surface area (TPSA) is 61.4 Å². The monoisotopic (exact) mass is 290 g/mol. The highest BCUT2D eigenvalue weighted by Gasteiger charge is 2.06. The van der Waals surface area contributed by atoms with Crippen LogP contribution < -0.4 is 10.6 Å². The second-order valence-corrected chi connectivity index (χ2v) is 4.89. The number of hydrogen-bond acceptors (Lipinski definition) is 2. The Hall–Kier alpha value is -2.20. The van der Waals surface area contributed by atoms with E-state index in [0.717, 1.165) is 11.1 Å². The molecule has 0 saturated carbocycles. The molecule has 0 aliphatic heterocycles. The maximum atomic E-state index is 11.7. The van der Waals surface area contributed by atoms with Gasteiger partial charge in [-0.25, -0.2) is 4.79 Å². The molecule has 4 nitrogen and oxygen atoms in total. The number of phenols is 1. The summed E-state index contributed by atoms with van der Waals surface area (Å²) >= 11 is 5.86. The van der Waals surface area contributed by atoms with Gasteiger partial charge in [-0.05, 0) is 42.3 Å². The molecular formula is C15H15ClN2O2.